The summed E-state index contributed by atoms with van der Waals surface area (Å²) in [7, 11) is 2.31. The molecule has 0 bridgehead atoms. The summed E-state index contributed by atoms with van der Waals surface area (Å²) in [5.74, 6) is 0. The van der Waals surface area contributed by atoms with Crippen molar-refractivity contribution in [1.29, 1.82) is 0 Å². The Morgan fingerprint density at radius 3 is 2.42 bits per heavy atom. The van der Waals surface area contributed by atoms with Crippen LogP contribution in [0.1, 0.15) is 51.9 Å². The lowest BCUT2D eigenvalue weighted by molar-refractivity contribution is 0.190. The van der Waals surface area contributed by atoms with Crippen LogP contribution in [-0.4, -0.2) is 61.7 Å². The molecule has 0 radical (unpaired) electrons. The van der Waals surface area contributed by atoms with Crippen LogP contribution in [0.3, 0.4) is 0 Å². The van der Waals surface area contributed by atoms with Gasteiger partial charge in [-0.05, 0) is 58.8 Å². The number of likely N-dealkylation sites (tertiary alicyclic amines) is 1. The lowest BCUT2D eigenvalue weighted by Gasteiger charge is -2.33. The van der Waals surface area contributed by atoms with Crippen LogP contribution in [0.2, 0.25) is 0 Å². The summed E-state index contributed by atoms with van der Waals surface area (Å²) >= 11 is 0. The minimum atomic E-state index is 0.769. The molecule has 1 aliphatic carbocycles. The van der Waals surface area contributed by atoms with Crippen LogP contribution in [0.4, 0.5) is 0 Å². The molecule has 0 atom stereocenters. The average Bonchev–Trinajstić information content (AvgIpc) is 2.95. The second-order valence-corrected chi connectivity index (χ2v) is 6.49. The van der Waals surface area contributed by atoms with Gasteiger partial charge in [-0.15, -0.1) is 0 Å². The van der Waals surface area contributed by atoms with Crippen LogP contribution < -0.4 is 5.32 Å². The van der Waals surface area contributed by atoms with Gasteiger partial charge in [-0.25, -0.2) is 0 Å². The van der Waals surface area contributed by atoms with Crippen LogP contribution >= 0.6 is 0 Å². The van der Waals surface area contributed by atoms with Gasteiger partial charge in [-0.2, -0.15) is 0 Å². The van der Waals surface area contributed by atoms with E-state index in [4.69, 9.17) is 0 Å². The molecule has 3 nitrogen and oxygen atoms in total. The molecule has 1 saturated carbocycles. The van der Waals surface area contributed by atoms with Crippen molar-refractivity contribution in [3.05, 3.63) is 0 Å². The van der Waals surface area contributed by atoms with Gasteiger partial charge in [-0.1, -0.05) is 19.8 Å². The van der Waals surface area contributed by atoms with E-state index in [0.717, 1.165) is 12.1 Å². The van der Waals surface area contributed by atoms with Crippen molar-refractivity contribution >= 4 is 0 Å². The molecule has 1 N–H and O–H groups in total. The highest BCUT2D eigenvalue weighted by Gasteiger charge is 2.20. The maximum atomic E-state index is 3.77. The largest absolute Gasteiger partial charge is 0.313 e. The molecule has 0 aromatic rings. The predicted molar refractivity (Wildman–Crippen MR) is 82.6 cm³/mol. The van der Waals surface area contributed by atoms with Crippen LogP contribution in [0.25, 0.3) is 0 Å². The van der Waals surface area contributed by atoms with Gasteiger partial charge in [0.1, 0.15) is 0 Å². The summed E-state index contributed by atoms with van der Waals surface area (Å²) in [5.41, 5.74) is 0. The number of hydrogen-bond donors (Lipinski definition) is 1. The SMILES string of the molecule is CCCN1CCC(NCCN(C)C2CCCC2)CC1. The Hall–Kier alpha value is -0.120. The predicted octanol–water partition coefficient (Wildman–Crippen LogP) is 2.32. The Morgan fingerprint density at radius 1 is 1.11 bits per heavy atom. The summed E-state index contributed by atoms with van der Waals surface area (Å²) in [5, 5.41) is 3.77. The van der Waals surface area contributed by atoms with E-state index in [-0.39, 0.29) is 0 Å². The molecule has 0 unspecified atom stereocenters. The van der Waals surface area contributed by atoms with Crippen molar-refractivity contribution < 1.29 is 0 Å². The molecule has 0 aromatic heterocycles. The number of likely N-dealkylation sites (N-methyl/N-ethyl adjacent to an activating group) is 1. The van der Waals surface area contributed by atoms with Crippen molar-refractivity contribution in [2.45, 2.75) is 64.0 Å². The zero-order chi connectivity index (χ0) is 13.5. The summed E-state index contributed by atoms with van der Waals surface area (Å²) in [6.07, 6.45) is 9.71. The van der Waals surface area contributed by atoms with Gasteiger partial charge in [0.25, 0.3) is 0 Å². The first kappa shape index (κ1) is 15.3. The fourth-order valence-corrected chi connectivity index (χ4v) is 3.65. The molecule has 2 rings (SSSR count). The minimum Gasteiger partial charge on any atom is -0.313 e. The topological polar surface area (TPSA) is 18.5 Å². The molecule has 0 spiro atoms. The number of nitrogens with zero attached hydrogens (tertiary/aromatic N) is 2. The zero-order valence-electron chi connectivity index (χ0n) is 13.0. The third kappa shape index (κ3) is 5.05. The molecule has 2 aliphatic rings. The second kappa shape index (κ2) is 8.23. The lowest BCUT2D eigenvalue weighted by Crippen LogP contribution is -2.45. The standard InChI is InChI=1S/C16H33N3/c1-3-11-19-12-8-15(9-13-19)17-10-14-18(2)16-6-4-5-7-16/h15-17H,3-14H2,1-2H3. The minimum absolute atomic E-state index is 0.769. The number of piperidine rings is 1. The lowest BCUT2D eigenvalue weighted by atomic mass is 10.0. The molecule has 0 amide bonds. The van der Waals surface area contributed by atoms with Gasteiger partial charge < -0.3 is 15.1 Å². The molecule has 1 saturated heterocycles. The second-order valence-electron chi connectivity index (χ2n) is 6.49. The van der Waals surface area contributed by atoms with Gasteiger partial charge in [-0.3, -0.25) is 0 Å². The van der Waals surface area contributed by atoms with Gasteiger partial charge in [0.15, 0.2) is 0 Å². The van der Waals surface area contributed by atoms with E-state index < -0.39 is 0 Å². The Balaban J connectivity index is 1.54. The van der Waals surface area contributed by atoms with E-state index in [1.54, 1.807) is 0 Å². The van der Waals surface area contributed by atoms with E-state index >= 15 is 0 Å². The van der Waals surface area contributed by atoms with Crippen LogP contribution in [0, 0.1) is 0 Å². The maximum Gasteiger partial charge on any atom is 0.0107 e. The Bertz CT molecular complexity index is 230. The third-order valence-electron chi connectivity index (χ3n) is 4.97. The normalized spacial score (nSPS) is 23.5. The van der Waals surface area contributed by atoms with Crippen LogP contribution in [0.5, 0.6) is 0 Å². The first-order valence-corrected chi connectivity index (χ1v) is 8.45. The number of rotatable bonds is 7. The highest BCUT2D eigenvalue weighted by molar-refractivity contribution is 4.79. The molecule has 0 aromatic carbocycles. The van der Waals surface area contributed by atoms with E-state index in [1.165, 1.54) is 77.7 Å². The summed E-state index contributed by atoms with van der Waals surface area (Å²) in [4.78, 5) is 5.19. The van der Waals surface area contributed by atoms with Crippen molar-refractivity contribution in [1.82, 2.24) is 15.1 Å². The smallest absolute Gasteiger partial charge is 0.0107 e. The van der Waals surface area contributed by atoms with Crippen molar-refractivity contribution in [2.24, 2.45) is 0 Å². The first-order valence-electron chi connectivity index (χ1n) is 8.45. The quantitative estimate of drug-likeness (QED) is 0.764. The molecule has 1 aliphatic heterocycles. The first-order chi connectivity index (χ1) is 9.29. The highest BCUT2D eigenvalue weighted by atomic mass is 15.2. The van der Waals surface area contributed by atoms with Crippen molar-refractivity contribution in [3.63, 3.8) is 0 Å². The van der Waals surface area contributed by atoms with Gasteiger partial charge in [0.2, 0.25) is 0 Å². The molecular formula is C16H33N3. The van der Waals surface area contributed by atoms with E-state index in [1.807, 2.05) is 0 Å². The molecule has 19 heavy (non-hydrogen) atoms. The van der Waals surface area contributed by atoms with E-state index in [9.17, 15) is 0 Å². The van der Waals surface area contributed by atoms with Crippen LogP contribution in [0.15, 0.2) is 0 Å². The van der Waals surface area contributed by atoms with Crippen molar-refractivity contribution in [3.8, 4) is 0 Å². The summed E-state index contributed by atoms with van der Waals surface area (Å²) in [6, 6.07) is 1.64. The van der Waals surface area contributed by atoms with Crippen molar-refractivity contribution in [2.75, 3.05) is 39.8 Å². The number of hydrogen-bond acceptors (Lipinski definition) is 3. The molecule has 3 heteroatoms. The monoisotopic (exact) mass is 267 g/mol. The number of nitrogens with one attached hydrogen (secondary N) is 1. The summed E-state index contributed by atoms with van der Waals surface area (Å²) < 4.78 is 0. The third-order valence-corrected chi connectivity index (χ3v) is 4.97. The Kier molecular flexibility index (Phi) is 6.62. The zero-order valence-corrected chi connectivity index (χ0v) is 13.0. The molecule has 2 fully saturated rings. The summed E-state index contributed by atoms with van der Waals surface area (Å²) in [6.45, 7) is 8.56. The molecular weight excluding hydrogens is 234 g/mol. The van der Waals surface area contributed by atoms with Crippen LogP contribution in [-0.2, 0) is 0 Å². The fourth-order valence-electron chi connectivity index (χ4n) is 3.65. The van der Waals surface area contributed by atoms with Gasteiger partial charge >= 0.3 is 0 Å². The average molecular weight is 267 g/mol. The Morgan fingerprint density at radius 2 is 1.79 bits per heavy atom. The van der Waals surface area contributed by atoms with Gasteiger partial charge in [0.05, 0.1) is 0 Å². The molecule has 112 valence electrons. The van der Waals surface area contributed by atoms with Gasteiger partial charge in [0, 0.05) is 25.2 Å². The Labute approximate surface area is 119 Å². The van der Waals surface area contributed by atoms with E-state index in [0.29, 0.717) is 0 Å². The highest BCUT2D eigenvalue weighted by Crippen LogP contribution is 2.21. The van der Waals surface area contributed by atoms with E-state index in [2.05, 4.69) is 29.1 Å². The molecule has 1 heterocycles. The maximum absolute atomic E-state index is 3.77. The fraction of sp³-hybridized carbons (Fsp3) is 1.00.